The van der Waals surface area contributed by atoms with Crippen LogP contribution in [0.25, 0.3) is 0 Å². The van der Waals surface area contributed by atoms with Gasteiger partial charge in [-0.3, -0.25) is 28.9 Å². The Morgan fingerprint density at radius 3 is 2.06 bits per heavy atom. The second kappa shape index (κ2) is 19.8. The Hall–Kier alpha value is -4.89. The van der Waals surface area contributed by atoms with Crippen molar-refractivity contribution >= 4 is 47.7 Å². The van der Waals surface area contributed by atoms with E-state index in [1.54, 1.807) is 39.1 Å². The van der Waals surface area contributed by atoms with Crippen molar-refractivity contribution in [3.8, 4) is 0 Å². The van der Waals surface area contributed by atoms with Crippen molar-refractivity contribution in [3.05, 3.63) is 29.8 Å². The van der Waals surface area contributed by atoms with Gasteiger partial charge < -0.3 is 38.6 Å². The van der Waals surface area contributed by atoms with E-state index in [4.69, 9.17) is 28.4 Å². The number of esters is 2. The number of nitrogens with zero attached hydrogens (tertiary/aromatic N) is 2. The molecule has 1 heterocycles. The second-order valence-electron chi connectivity index (χ2n) is 13.5. The summed E-state index contributed by atoms with van der Waals surface area (Å²) < 4.78 is 30.0. The molecule has 0 saturated heterocycles. The van der Waals surface area contributed by atoms with Crippen LogP contribution in [0.2, 0.25) is 0 Å². The summed E-state index contributed by atoms with van der Waals surface area (Å²) in [6.45, 7) is 9.11. The third-order valence-corrected chi connectivity index (χ3v) is 9.37. The number of ether oxygens (including phenoxy) is 6. The number of aryl methyl sites for hydroxylation is 1. The molecule has 2 aliphatic rings. The van der Waals surface area contributed by atoms with E-state index in [0.717, 1.165) is 5.56 Å². The SMILES string of the molecule is CCOC(=O)OC(C)OC(=O)CN1C(=O)[C@@H](NC(=O)C2(CC(CC(=O)N(C)C(C)C)C(=O)OC(C)OC(=O)OCC)CCCC2)CCc2ccccc21. The van der Waals surface area contributed by atoms with Crippen LogP contribution >= 0.6 is 0 Å². The zero-order valence-electron chi connectivity index (χ0n) is 31.7. The standard InChI is InChI=1S/C37H53N3O13/c1-8-48-35(46)52-24(5)50-31(42)22-40-29-15-11-10-14-26(29)16-17-28(32(40)43)38-34(45)37(18-12-13-19-37)21-27(20-30(41)39(7)23(3)4)33(44)51-25(6)53-36(47)49-9-2/h10-11,14-15,23-25,27-28H,8-9,12-13,16-22H2,1-7H3,(H,38,45)/t24?,25?,27?,28-/m0/s1. The number of carbonyl (C=O) groups is 7. The molecule has 3 amide bonds. The van der Waals surface area contributed by atoms with E-state index >= 15 is 0 Å². The van der Waals surface area contributed by atoms with Gasteiger partial charge in [-0.05, 0) is 71.4 Å². The predicted octanol–water partition coefficient (Wildman–Crippen LogP) is 4.40. The van der Waals surface area contributed by atoms with Crippen molar-refractivity contribution in [3.63, 3.8) is 0 Å². The number of fused-ring (bicyclic) bond motifs is 1. The summed E-state index contributed by atoms with van der Waals surface area (Å²) in [5.41, 5.74) is 0.108. The normalized spacial score (nSPS) is 18.0. The van der Waals surface area contributed by atoms with Gasteiger partial charge in [0.25, 0.3) is 0 Å². The summed E-state index contributed by atoms with van der Waals surface area (Å²) in [5, 5.41) is 2.93. The van der Waals surface area contributed by atoms with Crippen LogP contribution in [-0.4, -0.2) is 98.3 Å². The van der Waals surface area contributed by atoms with Gasteiger partial charge in [-0.25, -0.2) is 9.59 Å². The van der Waals surface area contributed by atoms with E-state index in [-0.39, 0.29) is 44.4 Å². The minimum absolute atomic E-state index is 0.0541. The lowest BCUT2D eigenvalue weighted by atomic mass is 9.75. The van der Waals surface area contributed by atoms with Crippen molar-refractivity contribution in [2.45, 2.75) is 118 Å². The van der Waals surface area contributed by atoms with Crippen LogP contribution in [0.5, 0.6) is 0 Å². The lowest BCUT2D eigenvalue weighted by Crippen LogP contribution is -2.53. The van der Waals surface area contributed by atoms with Crippen LogP contribution in [-0.2, 0) is 58.8 Å². The number of hydrogen-bond donors (Lipinski definition) is 1. The number of para-hydroxylation sites is 1. The van der Waals surface area contributed by atoms with Crippen LogP contribution in [0.4, 0.5) is 15.3 Å². The Morgan fingerprint density at radius 2 is 1.47 bits per heavy atom. The molecule has 16 heteroatoms. The van der Waals surface area contributed by atoms with Gasteiger partial charge in [0.1, 0.15) is 12.6 Å². The molecule has 1 N–H and O–H groups in total. The molecule has 294 valence electrons. The maximum Gasteiger partial charge on any atom is 0.511 e. The Kier molecular flexibility index (Phi) is 15.9. The van der Waals surface area contributed by atoms with Crippen LogP contribution in [0.3, 0.4) is 0 Å². The van der Waals surface area contributed by atoms with Gasteiger partial charge in [0.05, 0.1) is 24.5 Å². The first kappa shape index (κ1) is 42.5. The van der Waals surface area contributed by atoms with Gasteiger partial charge in [0.2, 0.25) is 30.3 Å². The van der Waals surface area contributed by atoms with E-state index in [1.807, 2.05) is 19.9 Å². The molecule has 1 aliphatic heterocycles. The lowest BCUT2D eigenvalue weighted by Gasteiger charge is -2.34. The summed E-state index contributed by atoms with van der Waals surface area (Å²) in [5.74, 6) is -4.12. The zero-order valence-corrected chi connectivity index (χ0v) is 31.7. The van der Waals surface area contributed by atoms with Crippen molar-refractivity contribution in [2.75, 3.05) is 31.7 Å². The summed E-state index contributed by atoms with van der Waals surface area (Å²) in [6.07, 6.45) is -2.23. The molecule has 1 saturated carbocycles. The molecule has 1 aromatic carbocycles. The Labute approximate surface area is 310 Å². The average Bonchev–Trinajstić information content (AvgIpc) is 3.53. The molecule has 1 aromatic rings. The van der Waals surface area contributed by atoms with E-state index < -0.39 is 72.6 Å². The summed E-state index contributed by atoms with van der Waals surface area (Å²) in [4.78, 5) is 94.6. The Morgan fingerprint density at radius 1 is 0.887 bits per heavy atom. The third kappa shape index (κ3) is 12.1. The third-order valence-electron chi connectivity index (χ3n) is 9.37. The minimum Gasteiger partial charge on any atom is -0.435 e. The molecule has 16 nitrogen and oxygen atoms in total. The molecular formula is C37H53N3O13. The van der Waals surface area contributed by atoms with Gasteiger partial charge in [-0.15, -0.1) is 0 Å². The largest absolute Gasteiger partial charge is 0.511 e. The summed E-state index contributed by atoms with van der Waals surface area (Å²) in [7, 11) is 1.62. The fourth-order valence-electron chi connectivity index (χ4n) is 6.49. The van der Waals surface area contributed by atoms with E-state index in [9.17, 15) is 33.6 Å². The smallest absolute Gasteiger partial charge is 0.435 e. The molecule has 1 fully saturated rings. The number of anilines is 1. The van der Waals surface area contributed by atoms with E-state index in [1.165, 1.54) is 23.6 Å². The number of benzene rings is 1. The first-order valence-corrected chi connectivity index (χ1v) is 18.1. The lowest BCUT2D eigenvalue weighted by molar-refractivity contribution is -0.175. The monoisotopic (exact) mass is 747 g/mol. The topological polar surface area (TPSA) is 193 Å². The van der Waals surface area contributed by atoms with Gasteiger partial charge in [-0.1, -0.05) is 31.0 Å². The molecule has 3 unspecified atom stereocenters. The highest BCUT2D eigenvalue weighted by Gasteiger charge is 2.47. The van der Waals surface area contributed by atoms with Gasteiger partial charge in [0, 0.05) is 39.0 Å². The highest BCUT2D eigenvalue weighted by molar-refractivity contribution is 6.03. The Balaban J connectivity index is 1.84. The summed E-state index contributed by atoms with van der Waals surface area (Å²) in [6, 6.07) is 5.83. The number of hydrogen-bond acceptors (Lipinski definition) is 13. The van der Waals surface area contributed by atoms with Crippen molar-refractivity contribution in [2.24, 2.45) is 11.3 Å². The molecule has 1 aliphatic carbocycles. The van der Waals surface area contributed by atoms with Crippen LogP contribution in [0, 0.1) is 11.3 Å². The molecule has 0 radical (unpaired) electrons. The minimum atomic E-state index is -1.32. The maximum atomic E-state index is 14.4. The molecular weight excluding hydrogens is 694 g/mol. The number of amides is 3. The van der Waals surface area contributed by atoms with E-state index in [2.05, 4.69) is 5.32 Å². The number of carbonyl (C=O) groups excluding carboxylic acids is 7. The van der Waals surface area contributed by atoms with Gasteiger partial charge >= 0.3 is 24.2 Å². The first-order chi connectivity index (χ1) is 25.1. The number of nitrogens with one attached hydrogen (secondary N) is 1. The van der Waals surface area contributed by atoms with Crippen LogP contribution < -0.4 is 10.2 Å². The zero-order chi connectivity index (χ0) is 39.3. The molecule has 0 spiro atoms. The molecule has 0 bridgehead atoms. The van der Waals surface area contributed by atoms with Gasteiger partial charge in [0.15, 0.2) is 0 Å². The summed E-state index contributed by atoms with van der Waals surface area (Å²) >= 11 is 0. The number of rotatable bonds is 16. The predicted molar refractivity (Wildman–Crippen MR) is 188 cm³/mol. The quantitative estimate of drug-likeness (QED) is 0.142. The molecule has 0 aromatic heterocycles. The highest BCUT2D eigenvalue weighted by Crippen LogP contribution is 2.45. The second-order valence-corrected chi connectivity index (χ2v) is 13.5. The fraction of sp³-hybridized carbons (Fsp3) is 0.649. The molecule has 4 atom stereocenters. The average molecular weight is 748 g/mol. The van der Waals surface area contributed by atoms with E-state index in [0.29, 0.717) is 37.8 Å². The van der Waals surface area contributed by atoms with Crippen molar-refractivity contribution in [1.82, 2.24) is 10.2 Å². The van der Waals surface area contributed by atoms with Crippen LogP contribution in [0.15, 0.2) is 24.3 Å². The molecule has 3 rings (SSSR count). The van der Waals surface area contributed by atoms with Crippen molar-refractivity contribution in [1.29, 1.82) is 0 Å². The van der Waals surface area contributed by atoms with Gasteiger partial charge in [-0.2, -0.15) is 0 Å². The first-order valence-electron chi connectivity index (χ1n) is 18.1. The molecule has 53 heavy (non-hydrogen) atoms. The highest BCUT2D eigenvalue weighted by atomic mass is 16.8. The maximum absolute atomic E-state index is 14.4. The Bertz CT molecular complexity index is 1480. The van der Waals surface area contributed by atoms with Crippen LogP contribution in [0.1, 0.15) is 92.1 Å². The fourth-order valence-corrected chi connectivity index (χ4v) is 6.49. The van der Waals surface area contributed by atoms with Crippen molar-refractivity contribution < 1.29 is 62.0 Å².